The molecule has 0 spiro atoms. The van der Waals surface area contributed by atoms with E-state index in [1.807, 2.05) is 0 Å². The van der Waals surface area contributed by atoms with E-state index in [1.165, 1.54) is 43.6 Å². The molecule has 84 valence electrons. The van der Waals surface area contributed by atoms with Crippen molar-refractivity contribution in [3.63, 3.8) is 0 Å². The molecule has 4 saturated carbocycles. The van der Waals surface area contributed by atoms with E-state index >= 15 is 0 Å². The maximum Gasteiger partial charge on any atom is -0.0203 e. The van der Waals surface area contributed by atoms with E-state index in [1.54, 1.807) is 51.4 Å². The van der Waals surface area contributed by atoms with Gasteiger partial charge >= 0.3 is 0 Å². The fourth-order valence-electron chi connectivity index (χ4n) is 5.17. The highest BCUT2D eigenvalue weighted by molar-refractivity contribution is 7.39. The number of hydrogen-bond donors (Lipinski definition) is 0. The lowest BCUT2D eigenvalue weighted by Gasteiger charge is -2.29. The van der Waals surface area contributed by atoms with Crippen molar-refractivity contribution >= 4 is 8.58 Å². The summed E-state index contributed by atoms with van der Waals surface area (Å²) in [5, 5.41) is 0. The Hall–Kier alpha value is 0.430. The summed E-state index contributed by atoms with van der Waals surface area (Å²) in [7, 11) is 1.37. The molecule has 1 heteroatoms. The van der Waals surface area contributed by atoms with Crippen LogP contribution in [-0.2, 0) is 0 Å². The SMILES string of the molecule is C1C[C@H]2C[C@@H]1C[C@@H]2P[C@@H]1C[C@H]2CC[C@@H]1C2. The molecule has 0 nitrogen and oxygen atoms in total. The Bertz CT molecular complexity index is 236. The summed E-state index contributed by atoms with van der Waals surface area (Å²) in [6, 6.07) is 0. The standard InChI is InChI=1S/C14H23P/c1-3-11-5-9(1)7-13(11)15-14-8-10-2-4-12(14)6-10/h9-15H,1-8H2/t9-,10+,11+,12-,13+,14-. The number of fused-ring (bicyclic) bond motifs is 4. The molecular weight excluding hydrogens is 199 g/mol. The quantitative estimate of drug-likeness (QED) is 0.618. The lowest BCUT2D eigenvalue weighted by atomic mass is 10.00. The predicted molar refractivity (Wildman–Crippen MR) is 66.8 cm³/mol. The predicted octanol–water partition coefficient (Wildman–Crippen LogP) is 4.04. The second-order valence-electron chi connectivity index (χ2n) is 6.73. The van der Waals surface area contributed by atoms with Crippen LogP contribution in [0, 0.1) is 23.7 Å². The molecule has 4 rings (SSSR count). The minimum atomic E-state index is 1.17. The van der Waals surface area contributed by atoms with Crippen LogP contribution in [0.15, 0.2) is 0 Å². The van der Waals surface area contributed by atoms with Crippen molar-refractivity contribution in [2.45, 2.75) is 62.7 Å². The zero-order valence-corrected chi connectivity index (χ0v) is 10.6. The van der Waals surface area contributed by atoms with Crippen LogP contribution < -0.4 is 0 Å². The lowest BCUT2D eigenvalue weighted by molar-refractivity contribution is 0.466. The zero-order chi connectivity index (χ0) is 9.83. The van der Waals surface area contributed by atoms with Gasteiger partial charge in [0.25, 0.3) is 0 Å². The highest BCUT2D eigenvalue weighted by Gasteiger charge is 2.44. The Balaban J connectivity index is 1.40. The van der Waals surface area contributed by atoms with Gasteiger partial charge in [0, 0.05) is 0 Å². The summed E-state index contributed by atoms with van der Waals surface area (Å²) in [6.07, 6.45) is 12.9. The van der Waals surface area contributed by atoms with Crippen molar-refractivity contribution in [2.24, 2.45) is 23.7 Å². The van der Waals surface area contributed by atoms with Crippen LogP contribution in [0.25, 0.3) is 0 Å². The lowest BCUT2D eigenvalue weighted by Crippen LogP contribution is -2.19. The van der Waals surface area contributed by atoms with Gasteiger partial charge < -0.3 is 0 Å². The van der Waals surface area contributed by atoms with Crippen LogP contribution in [0.4, 0.5) is 0 Å². The Labute approximate surface area is 95.4 Å². The number of rotatable bonds is 2. The van der Waals surface area contributed by atoms with E-state index in [4.69, 9.17) is 0 Å². The monoisotopic (exact) mass is 222 g/mol. The molecule has 0 saturated heterocycles. The third-order valence-electron chi connectivity index (χ3n) is 5.90. The molecule has 15 heavy (non-hydrogen) atoms. The maximum atomic E-state index is 1.64. The molecule has 4 bridgehead atoms. The Morgan fingerprint density at radius 3 is 1.47 bits per heavy atom. The van der Waals surface area contributed by atoms with Crippen LogP contribution in [-0.4, -0.2) is 11.3 Å². The van der Waals surface area contributed by atoms with Gasteiger partial charge in [0.1, 0.15) is 0 Å². The van der Waals surface area contributed by atoms with Gasteiger partial charge in [0.15, 0.2) is 0 Å². The van der Waals surface area contributed by atoms with Gasteiger partial charge in [-0.1, -0.05) is 12.8 Å². The maximum absolute atomic E-state index is 1.64. The summed E-state index contributed by atoms with van der Waals surface area (Å²) in [4.78, 5) is 0. The molecule has 0 aromatic carbocycles. The highest BCUT2D eigenvalue weighted by Crippen LogP contribution is 2.58. The van der Waals surface area contributed by atoms with Crippen molar-refractivity contribution in [1.82, 2.24) is 0 Å². The molecule has 0 aromatic heterocycles. The summed E-state index contributed by atoms with van der Waals surface area (Å²) >= 11 is 0. The summed E-state index contributed by atoms with van der Waals surface area (Å²) in [6.45, 7) is 0. The molecule has 0 N–H and O–H groups in total. The minimum absolute atomic E-state index is 1.17. The van der Waals surface area contributed by atoms with Crippen LogP contribution in [0.1, 0.15) is 51.4 Å². The van der Waals surface area contributed by atoms with E-state index in [0.29, 0.717) is 0 Å². The second-order valence-corrected chi connectivity index (χ2v) is 8.55. The van der Waals surface area contributed by atoms with Gasteiger partial charge in [-0.25, -0.2) is 0 Å². The summed E-state index contributed by atoms with van der Waals surface area (Å²) in [5.41, 5.74) is 2.40. The van der Waals surface area contributed by atoms with Crippen LogP contribution in [0.2, 0.25) is 0 Å². The fourth-order valence-corrected chi connectivity index (χ4v) is 7.81. The minimum Gasteiger partial charge on any atom is -0.115 e. The van der Waals surface area contributed by atoms with Crippen LogP contribution in [0.3, 0.4) is 0 Å². The molecule has 0 aliphatic heterocycles. The van der Waals surface area contributed by atoms with Crippen LogP contribution >= 0.6 is 8.58 Å². The van der Waals surface area contributed by atoms with E-state index < -0.39 is 0 Å². The largest absolute Gasteiger partial charge is 0.115 e. The molecular formula is C14H23P. The molecule has 0 radical (unpaired) electrons. The smallest absolute Gasteiger partial charge is 0.0203 e. The van der Waals surface area contributed by atoms with E-state index in [-0.39, 0.29) is 0 Å². The summed E-state index contributed by atoms with van der Waals surface area (Å²) in [5.74, 6) is 4.72. The highest BCUT2D eigenvalue weighted by atomic mass is 31.1. The second kappa shape index (κ2) is 3.46. The molecule has 4 fully saturated rings. The molecule has 0 amide bonds. The molecule has 7 atom stereocenters. The first-order valence-electron chi connectivity index (χ1n) is 7.14. The zero-order valence-electron chi connectivity index (χ0n) is 9.62. The van der Waals surface area contributed by atoms with Crippen molar-refractivity contribution in [3.05, 3.63) is 0 Å². The Kier molecular flexibility index (Phi) is 2.18. The van der Waals surface area contributed by atoms with Crippen molar-refractivity contribution < 1.29 is 0 Å². The molecule has 0 aromatic rings. The van der Waals surface area contributed by atoms with Gasteiger partial charge in [0.05, 0.1) is 0 Å². The van der Waals surface area contributed by atoms with Gasteiger partial charge in [-0.3, -0.25) is 0 Å². The number of hydrogen-bond acceptors (Lipinski definition) is 0. The topological polar surface area (TPSA) is 0 Å². The summed E-state index contributed by atoms with van der Waals surface area (Å²) < 4.78 is 0. The average Bonchev–Trinajstić information content (AvgIpc) is 2.96. The average molecular weight is 222 g/mol. The third-order valence-corrected chi connectivity index (χ3v) is 8.17. The van der Waals surface area contributed by atoms with E-state index in [2.05, 4.69) is 0 Å². The van der Waals surface area contributed by atoms with Crippen molar-refractivity contribution in [2.75, 3.05) is 0 Å². The van der Waals surface area contributed by atoms with Gasteiger partial charge in [-0.2, -0.15) is 0 Å². The van der Waals surface area contributed by atoms with E-state index in [9.17, 15) is 0 Å². The molecule has 0 heterocycles. The first-order valence-corrected chi connectivity index (χ1v) is 8.30. The fraction of sp³-hybridized carbons (Fsp3) is 1.00. The van der Waals surface area contributed by atoms with Crippen molar-refractivity contribution in [1.29, 1.82) is 0 Å². The van der Waals surface area contributed by atoms with E-state index in [0.717, 1.165) is 0 Å². The van der Waals surface area contributed by atoms with Gasteiger partial charge in [-0.15, -0.1) is 8.58 Å². The Morgan fingerprint density at radius 2 is 1.13 bits per heavy atom. The van der Waals surface area contributed by atoms with Gasteiger partial charge in [0.2, 0.25) is 0 Å². The normalized spacial score (nSPS) is 57.6. The first-order chi connectivity index (χ1) is 7.38. The third kappa shape index (κ3) is 1.51. The Morgan fingerprint density at radius 1 is 0.600 bits per heavy atom. The first kappa shape index (κ1) is 9.46. The molecule has 4 aliphatic rings. The molecule has 1 unspecified atom stereocenters. The van der Waals surface area contributed by atoms with Crippen molar-refractivity contribution in [3.8, 4) is 0 Å². The van der Waals surface area contributed by atoms with Gasteiger partial charge in [-0.05, 0) is 73.5 Å². The molecule has 4 aliphatic carbocycles. The van der Waals surface area contributed by atoms with Crippen LogP contribution in [0.5, 0.6) is 0 Å².